The number of hydrogen-bond acceptors (Lipinski definition) is 1. The smallest absolute Gasteiger partial charge is 0.222 e. The van der Waals surface area contributed by atoms with Gasteiger partial charge in [-0.05, 0) is 0 Å². The van der Waals surface area contributed by atoms with E-state index in [1.54, 1.807) is 11.8 Å². The summed E-state index contributed by atoms with van der Waals surface area (Å²) in [4.78, 5) is 4.83. The fraction of sp³-hybridized carbons (Fsp3) is 0.167. The van der Waals surface area contributed by atoms with E-state index in [1.807, 2.05) is 30.6 Å². The zero-order valence-electron chi connectivity index (χ0n) is 5.12. The van der Waals surface area contributed by atoms with Crippen molar-refractivity contribution in [1.29, 1.82) is 0 Å². The minimum absolute atomic E-state index is 0. The minimum Gasteiger partial charge on any atom is -1.00 e. The Balaban J connectivity index is 0.000000640. The zero-order chi connectivity index (χ0) is 5.82. The van der Waals surface area contributed by atoms with Crippen molar-refractivity contribution in [1.82, 2.24) is 0 Å². The highest BCUT2D eigenvalue weighted by molar-refractivity contribution is 4.83. The summed E-state index contributed by atoms with van der Waals surface area (Å²) >= 11 is 0. The van der Waals surface area contributed by atoms with E-state index in [-0.39, 0.29) is 17.0 Å². The molecule has 1 aromatic rings. The first kappa shape index (κ1) is 8.43. The quantitative estimate of drug-likeness (QED) is 0.431. The molecule has 0 spiro atoms. The second-order valence-corrected chi connectivity index (χ2v) is 1.42. The Bertz CT molecular complexity index is 154. The topological polar surface area (TPSA) is 13.1 Å². The second-order valence-electron chi connectivity index (χ2n) is 1.42. The third-order valence-electron chi connectivity index (χ3n) is 0.899. The van der Waals surface area contributed by atoms with Crippen LogP contribution in [0.3, 0.4) is 0 Å². The van der Waals surface area contributed by atoms with Gasteiger partial charge in [0.05, 0.1) is 0 Å². The van der Waals surface area contributed by atoms with Gasteiger partial charge in [0.2, 0.25) is 12.4 Å². The summed E-state index contributed by atoms with van der Waals surface area (Å²) in [6, 6.07) is 5.75. The van der Waals surface area contributed by atoms with Crippen molar-refractivity contribution < 1.29 is 26.5 Å². The molecule has 0 aromatic carbocycles. The van der Waals surface area contributed by atoms with Crippen LogP contribution in [-0.4, -0.2) is 7.11 Å². The Labute approximate surface area is 64.8 Å². The van der Waals surface area contributed by atoms with Gasteiger partial charge in [0, 0.05) is 16.9 Å². The molecule has 0 aliphatic rings. The molecule has 0 aliphatic heterocycles. The Hall–Kier alpha value is -0.570. The van der Waals surface area contributed by atoms with Crippen molar-refractivity contribution in [3.63, 3.8) is 0 Å². The van der Waals surface area contributed by atoms with Crippen LogP contribution in [0, 0.1) is 0 Å². The van der Waals surface area contributed by atoms with Crippen molar-refractivity contribution in [2.75, 3.05) is 7.11 Å². The van der Waals surface area contributed by atoms with E-state index in [0.717, 1.165) is 0 Å². The summed E-state index contributed by atoms with van der Waals surface area (Å²) in [6.07, 6.45) is 3.67. The lowest BCUT2D eigenvalue weighted by Gasteiger charge is -1.84. The van der Waals surface area contributed by atoms with Gasteiger partial charge in [0.15, 0.2) is 0 Å². The third-order valence-corrected chi connectivity index (χ3v) is 0.899. The molecule has 1 rings (SSSR count). The van der Waals surface area contributed by atoms with Gasteiger partial charge in [-0.2, -0.15) is 0 Å². The highest BCUT2D eigenvalue weighted by Crippen LogP contribution is 1.72. The molecule has 0 saturated heterocycles. The van der Waals surface area contributed by atoms with Crippen LogP contribution in [0.5, 0.6) is 0 Å². The monoisotopic (exact) mass is 189 g/mol. The molecule has 0 unspecified atom stereocenters. The average molecular weight is 190 g/mol. The largest absolute Gasteiger partial charge is 1.00 e. The van der Waals surface area contributed by atoms with Crippen LogP contribution in [0.2, 0.25) is 0 Å². The van der Waals surface area contributed by atoms with Gasteiger partial charge >= 0.3 is 0 Å². The van der Waals surface area contributed by atoms with E-state index >= 15 is 0 Å². The van der Waals surface area contributed by atoms with Crippen LogP contribution < -0.4 is 26.5 Å². The standard InChI is InChI=1S/C6H8NO.BrH/c1-8-7-5-3-2-4-6-7;/h2-6H,1H3;1H/q+1;/p-1. The molecule has 9 heavy (non-hydrogen) atoms. The highest BCUT2D eigenvalue weighted by Gasteiger charge is 1.88. The van der Waals surface area contributed by atoms with E-state index in [1.165, 1.54) is 0 Å². The summed E-state index contributed by atoms with van der Waals surface area (Å²) in [5.41, 5.74) is 0. The van der Waals surface area contributed by atoms with E-state index < -0.39 is 0 Å². The van der Waals surface area contributed by atoms with Crippen LogP contribution in [0.1, 0.15) is 0 Å². The molecule has 0 atom stereocenters. The predicted octanol–water partition coefficient (Wildman–Crippen LogP) is -2.96. The molecular weight excluding hydrogens is 182 g/mol. The Morgan fingerprint density at radius 1 is 1.11 bits per heavy atom. The summed E-state index contributed by atoms with van der Waals surface area (Å²) < 4.78 is 1.62. The van der Waals surface area contributed by atoms with Gasteiger partial charge in [-0.25, -0.2) is 0 Å². The van der Waals surface area contributed by atoms with Gasteiger partial charge in [-0.3, -0.25) is 4.84 Å². The number of halogens is 1. The van der Waals surface area contributed by atoms with Crippen LogP contribution in [0.4, 0.5) is 0 Å². The number of pyridine rings is 1. The lowest BCUT2D eigenvalue weighted by atomic mass is 10.5. The van der Waals surface area contributed by atoms with Gasteiger partial charge in [0.1, 0.15) is 7.11 Å². The van der Waals surface area contributed by atoms with Crippen molar-refractivity contribution in [2.45, 2.75) is 0 Å². The molecule has 0 aliphatic carbocycles. The summed E-state index contributed by atoms with van der Waals surface area (Å²) in [7, 11) is 1.62. The van der Waals surface area contributed by atoms with Gasteiger partial charge in [-0.1, -0.05) is 6.07 Å². The molecule has 0 saturated carbocycles. The average Bonchev–Trinajstić information content (AvgIpc) is 1.90. The highest BCUT2D eigenvalue weighted by atomic mass is 79.9. The van der Waals surface area contributed by atoms with E-state index in [2.05, 4.69) is 0 Å². The first-order valence-corrected chi connectivity index (χ1v) is 2.44. The van der Waals surface area contributed by atoms with Crippen molar-refractivity contribution in [3.05, 3.63) is 30.6 Å². The zero-order valence-corrected chi connectivity index (χ0v) is 6.71. The van der Waals surface area contributed by atoms with Crippen LogP contribution >= 0.6 is 0 Å². The number of rotatable bonds is 1. The normalized spacial score (nSPS) is 7.67. The molecule has 50 valence electrons. The van der Waals surface area contributed by atoms with Gasteiger partial charge in [-0.15, -0.1) is 0 Å². The predicted molar refractivity (Wildman–Crippen MR) is 29.1 cm³/mol. The van der Waals surface area contributed by atoms with Gasteiger partial charge in [0.25, 0.3) is 0 Å². The van der Waals surface area contributed by atoms with E-state index in [0.29, 0.717) is 0 Å². The summed E-state index contributed by atoms with van der Waals surface area (Å²) in [5, 5.41) is 0. The van der Waals surface area contributed by atoms with Crippen molar-refractivity contribution in [3.8, 4) is 0 Å². The van der Waals surface area contributed by atoms with Crippen molar-refractivity contribution >= 4 is 0 Å². The van der Waals surface area contributed by atoms with Crippen LogP contribution in [-0.2, 0) is 0 Å². The SMILES string of the molecule is CO[n+]1ccccc1.[Br-]. The maximum Gasteiger partial charge on any atom is 0.222 e. The Morgan fingerprint density at radius 2 is 1.67 bits per heavy atom. The second kappa shape index (κ2) is 4.32. The summed E-state index contributed by atoms with van der Waals surface area (Å²) in [6.45, 7) is 0. The molecule has 1 aromatic heterocycles. The first-order valence-electron chi connectivity index (χ1n) is 2.44. The third kappa shape index (κ3) is 2.46. The van der Waals surface area contributed by atoms with E-state index in [9.17, 15) is 0 Å². The van der Waals surface area contributed by atoms with Crippen LogP contribution in [0.25, 0.3) is 0 Å². The molecule has 1 heterocycles. The molecule has 0 radical (unpaired) electrons. The number of aromatic nitrogens is 1. The van der Waals surface area contributed by atoms with Gasteiger partial charge < -0.3 is 17.0 Å². The molecule has 0 amide bonds. The maximum atomic E-state index is 4.83. The molecular formula is C6H8BrNO. The number of hydrogen-bond donors (Lipinski definition) is 0. The number of nitrogens with zero attached hydrogens (tertiary/aromatic N) is 1. The van der Waals surface area contributed by atoms with E-state index in [4.69, 9.17) is 4.84 Å². The molecule has 0 fully saturated rings. The fourth-order valence-corrected chi connectivity index (χ4v) is 0.505. The minimum atomic E-state index is 0. The lowest BCUT2D eigenvalue weighted by molar-refractivity contribution is -0.885. The van der Waals surface area contributed by atoms with Crippen LogP contribution in [0.15, 0.2) is 30.6 Å². The molecule has 0 bridgehead atoms. The fourth-order valence-electron chi connectivity index (χ4n) is 0.505. The summed E-state index contributed by atoms with van der Waals surface area (Å²) in [5.74, 6) is 0. The first-order chi connectivity index (χ1) is 3.93. The Morgan fingerprint density at radius 3 is 2.00 bits per heavy atom. The lowest BCUT2D eigenvalue weighted by Crippen LogP contribution is -3.00. The van der Waals surface area contributed by atoms with Crippen molar-refractivity contribution in [2.24, 2.45) is 0 Å². The molecule has 0 N–H and O–H groups in total. The Kier molecular flexibility index (Phi) is 4.05. The molecule has 3 heteroatoms. The molecule has 2 nitrogen and oxygen atoms in total. The maximum absolute atomic E-state index is 4.83.